The molecule has 4 nitrogen and oxygen atoms in total. The zero-order chi connectivity index (χ0) is 14.9. The molecule has 1 aromatic carbocycles. The number of hydrogen-bond donors (Lipinski definition) is 1. The molecule has 0 radical (unpaired) electrons. The molecule has 1 aromatic heterocycles. The lowest BCUT2D eigenvalue weighted by Gasteiger charge is -2.15. The molecule has 1 atom stereocenters. The number of nitrogens with one attached hydrogen (secondary N) is 1. The molecule has 2 rings (SSSR count). The van der Waals surface area contributed by atoms with E-state index >= 15 is 0 Å². The number of halogens is 3. The van der Waals surface area contributed by atoms with Crippen LogP contribution in [0.3, 0.4) is 0 Å². The van der Waals surface area contributed by atoms with Crippen LogP contribution in [0.2, 0.25) is 5.02 Å². The van der Waals surface area contributed by atoms with Crippen LogP contribution in [-0.2, 0) is 4.79 Å². The van der Waals surface area contributed by atoms with Gasteiger partial charge >= 0.3 is 0 Å². The highest BCUT2D eigenvalue weighted by molar-refractivity contribution is 9.10. The first-order valence-electron chi connectivity index (χ1n) is 5.85. The fraction of sp³-hybridized carbons (Fsp3) is 0.231. The molecule has 7 heteroatoms. The average Bonchev–Trinajstić information content (AvgIpc) is 2.72. The van der Waals surface area contributed by atoms with Gasteiger partial charge in [-0.3, -0.25) is 9.48 Å². The van der Waals surface area contributed by atoms with Crippen LogP contribution in [0.5, 0.6) is 0 Å². The van der Waals surface area contributed by atoms with Crippen LogP contribution >= 0.6 is 27.5 Å². The van der Waals surface area contributed by atoms with E-state index in [4.69, 9.17) is 11.6 Å². The van der Waals surface area contributed by atoms with Gasteiger partial charge in [0.15, 0.2) is 0 Å². The van der Waals surface area contributed by atoms with E-state index in [0.29, 0.717) is 15.2 Å². The monoisotopic (exact) mass is 359 g/mol. The molecular formula is C13H12BrClFN3O. The van der Waals surface area contributed by atoms with Crippen molar-refractivity contribution >= 4 is 39.1 Å². The van der Waals surface area contributed by atoms with Crippen molar-refractivity contribution in [2.75, 3.05) is 5.32 Å². The third-order valence-corrected chi connectivity index (χ3v) is 3.78. The summed E-state index contributed by atoms with van der Waals surface area (Å²) < 4.78 is 15.8. The fourth-order valence-corrected chi connectivity index (χ4v) is 2.20. The first-order chi connectivity index (χ1) is 9.40. The van der Waals surface area contributed by atoms with Gasteiger partial charge in [0.25, 0.3) is 0 Å². The highest BCUT2D eigenvalue weighted by Gasteiger charge is 2.19. The first kappa shape index (κ1) is 15.0. The van der Waals surface area contributed by atoms with Crippen LogP contribution in [-0.4, -0.2) is 15.7 Å². The van der Waals surface area contributed by atoms with E-state index in [0.717, 1.165) is 0 Å². The molecule has 0 bridgehead atoms. The largest absolute Gasteiger partial charge is 0.322 e. The minimum absolute atomic E-state index is 0.126. The molecule has 1 N–H and O–H groups in total. The van der Waals surface area contributed by atoms with Gasteiger partial charge in [-0.2, -0.15) is 5.10 Å². The Labute approximate surface area is 129 Å². The van der Waals surface area contributed by atoms with Crippen molar-refractivity contribution in [3.05, 3.63) is 45.4 Å². The highest BCUT2D eigenvalue weighted by Crippen LogP contribution is 2.22. The third kappa shape index (κ3) is 3.02. The minimum Gasteiger partial charge on any atom is -0.322 e. The summed E-state index contributed by atoms with van der Waals surface area (Å²) in [5, 5.41) is 7.06. The lowest BCUT2D eigenvalue weighted by atomic mass is 10.2. The predicted octanol–water partition coefficient (Wildman–Crippen LogP) is 3.95. The quantitative estimate of drug-likeness (QED) is 0.901. The van der Waals surface area contributed by atoms with Gasteiger partial charge < -0.3 is 5.32 Å². The van der Waals surface area contributed by atoms with Gasteiger partial charge in [-0.25, -0.2) is 4.39 Å². The highest BCUT2D eigenvalue weighted by atomic mass is 79.9. The van der Waals surface area contributed by atoms with Crippen molar-refractivity contribution in [1.29, 1.82) is 0 Å². The second-order valence-electron chi connectivity index (χ2n) is 4.31. The molecular weight excluding hydrogens is 349 g/mol. The van der Waals surface area contributed by atoms with Gasteiger partial charge in [-0.05, 0) is 32.0 Å². The summed E-state index contributed by atoms with van der Waals surface area (Å²) in [7, 11) is 0. The van der Waals surface area contributed by atoms with Crippen LogP contribution in [0.25, 0.3) is 0 Å². The van der Waals surface area contributed by atoms with Gasteiger partial charge in [0.05, 0.1) is 22.6 Å². The second kappa shape index (κ2) is 5.93. The SMILES string of the molecule is Cc1c(Cl)cnn1C(C)C(=O)Nc1ccc(Br)cc1F. The second-order valence-corrected chi connectivity index (χ2v) is 5.63. The van der Waals surface area contributed by atoms with E-state index < -0.39 is 11.9 Å². The van der Waals surface area contributed by atoms with Crippen LogP contribution in [0.15, 0.2) is 28.9 Å². The Morgan fingerprint density at radius 2 is 2.25 bits per heavy atom. The average molecular weight is 361 g/mol. The van der Waals surface area contributed by atoms with Crippen molar-refractivity contribution in [3.8, 4) is 0 Å². The number of aromatic nitrogens is 2. The Bertz CT molecular complexity index is 659. The molecule has 0 aliphatic heterocycles. The summed E-state index contributed by atoms with van der Waals surface area (Å²) in [5.74, 6) is -0.871. The molecule has 0 aliphatic rings. The summed E-state index contributed by atoms with van der Waals surface area (Å²) in [5.41, 5.74) is 0.812. The van der Waals surface area contributed by atoms with Crippen molar-refractivity contribution in [2.45, 2.75) is 19.9 Å². The van der Waals surface area contributed by atoms with Crippen LogP contribution < -0.4 is 5.32 Å². The Balaban J connectivity index is 2.17. The number of carbonyl (C=O) groups is 1. The number of rotatable bonds is 3. The van der Waals surface area contributed by atoms with Crippen LogP contribution in [0.4, 0.5) is 10.1 Å². The predicted molar refractivity (Wildman–Crippen MR) is 79.4 cm³/mol. The maximum atomic E-state index is 13.7. The molecule has 1 heterocycles. The number of benzene rings is 1. The smallest absolute Gasteiger partial charge is 0.249 e. The number of anilines is 1. The molecule has 0 saturated heterocycles. The zero-order valence-electron chi connectivity index (χ0n) is 10.8. The summed E-state index contributed by atoms with van der Waals surface area (Å²) in [6.07, 6.45) is 1.47. The van der Waals surface area contributed by atoms with Crippen molar-refractivity contribution in [2.24, 2.45) is 0 Å². The van der Waals surface area contributed by atoms with Crippen LogP contribution in [0.1, 0.15) is 18.7 Å². The molecule has 2 aromatic rings. The lowest BCUT2D eigenvalue weighted by molar-refractivity contribution is -0.119. The lowest BCUT2D eigenvalue weighted by Crippen LogP contribution is -2.25. The number of nitrogens with zero attached hydrogens (tertiary/aromatic N) is 2. The van der Waals surface area contributed by atoms with Gasteiger partial charge in [-0.1, -0.05) is 27.5 Å². The van der Waals surface area contributed by atoms with E-state index in [1.54, 1.807) is 19.9 Å². The molecule has 106 valence electrons. The molecule has 0 saturated carbocycles. The third-order valence-electron chi connectivity index (χ3n) is 2.92. The first-order valence-corrected chi connectivity index (χ1v) is 7.02. The van der Waals surface area contributed by atoms with Gasteiger partial charge in [0.1, 0.15) is 11.9 Å². The maximum Gasteiger partial charge on any atom is 0.249 e. The van der Waals surface area contributed by atoms with Crippen LogP contribution in [0, 0.1) is 12.7 Å². The van der Waals surface area contributed by atoms with E-state index in [2.05, 4.69) is 26.3 Å². The Morgan fingerprint density at radius 1 is 1.55 bits per heavy atom. The number of carbonyl (C=O) groups excluding carboxylic acids is 1. The molecule has 20 heavy (non-hydrogen) atoms. The molecule has 0 fully saturated rings. The normalized spacial score (nSPS) is 12.2. The Kier molecular flexibility index (Phi) is 4.45. The molecule has 1 amide bonds. The number of amides is 1. The number of hydrogen-bond acceptors (Lipinski definition) is 2. The van der Waals surface area contributed by atoms with E-state index in [1.807, 2.05) is 0 Å². The van der Waals surface area contributed by atoms with Crippen molar-refractivity contribution in [1.82, 2.24) is 9.78 Å². The van der Waals surface area contributed by atoms with E-state index in [1.165, 1.54) is 23.0 Å². The summed E-state index contributed by atoms with van der Waals surface area (Å²) in [4.78, 5) is 12.1. The summed E-state index contributed by atoms with van der Waals surface area (Å²) >= 11 is 9.06. The summed E-state index contributed by atoms with van der Waals surface area (Å²) in [6.45, 7) is 3.43. The molecule has 0 aliphatic carbocycles. The summed E-state index contributed by atoms with van der Waals surface area (Å²) in [6, 6.07) is 3.84. The Hall–Kier alpha value is -1.40. The Morgan fingerprint density at radius 3 is 2.80 bits per heavy atom. The molecule has 0 spiro atoms. The van der Waals surface area contributed by atoms with Crippen molar-refractivity contribution in [3.63, 3.8) is 0 Å². The topological polar surface area (TPSA) is 46.9 Å². The minimum atomic E-state index is -0.592. The van der Waals surface area contributed by atoms with E-state index in [9.17, 15) is 9.18 Å². The molecule has 1 unspecified atom stereocenters. The standard InChI is InChI=1S/C13H12BrClFN3O/c1-7-10(15)6-17-19(7)8(2)13(20)18-12-4-3-9(14)5-11(12)16/h3-6,8H,1-2H3,(H,18,20). The van der Waals surface area contributed by atoms with Crippen molar-refractivity contribution < 1.29 is 9.18 Å². The van der Waals surface area contributed by atoms with Gasteiger partial charge in [0, 0.05) is 4.47 Å². The zero-order valence-corrected chi connectivity index (χ0v) is 13.2. The fourth-order valence-electron chi connectivity index (χ4n) is 1.73. The van der Waals surface area contributed by atoms with Gasteiger partial charge in [-0.15, -0.1) is 0 Å². The maximum absolute atomic E-state index is 13.7. The van der Waals surface area contributed by atoms with E-state index in [-0.39, 0.29) is 11.6 Å². The van der Waals surface area contributed by atoms with Gasteiger partial charge in [0.2, 0.25) is 5.91 Å².